The molecule has 0 saturated carbocycles. The van der Waals surface area contributed by atoms with E-state index in [1.165, 1.54) is 30.7 Å². The van der Waals surface area contributed by atoms with Gasteiger partial charge >= 0.3 is 11.9 Å². The van der Waals surface area contributed by atoms with Crippen molar-refractivity contribution >= 4 is 99.2 Å². The van der Waals surface area contributed by atoms with Crippen LogP contribution in [0.5, 0.6) is 0 Å². The van der Waals surface area contributed by atoms with Crippen molar-refractivity contribution in [2.75, 3.05) is 42.5 Å². The van der Waals surface area contributed by atoms with Crippen molar-refractivity contribution in [2.24, 2.45) is 11.8 Å². The number of anilines is 3. The third kappa shape index (κ3) is 21.4. The number of carboxylic acids is 2. The Morgan fingerprint density at radius 3 is 1.37 bits per heavy atom. The summed E-state index contributed by atoms with van der Waals surface area (Å²) >= 11 is 16.2. The minimum absolute atomic E-state index is 0. The fourth-order valence-corrected chi connectivity index (χ4v) is 7.87. The predicted molar refractivity (Wildman–Crippen MR) is 299 cm³/mol. The van der Waals surface area contributed by atoms with Crippen LogP contribution >= 0.6 is 47.2 Å². The van der Waals surface area contributed by atoms with Gasteiger partial charge in [0.25, 0.3) is 5.91 Å². The number of carbonyl (C=O) groups is 6. The van der Waals surface area contributed by atoms with E-state index in [2.05, 4.69) is 55.6 Å². The molecule has 3 amide bonds. The van der Waals surface area contributed by atoms with E-state index in [-0.39, 0.29) is 35.7 Å². The van der Waals surface area contributed by atoms with Crippen molar-refractivity contribution in [3.8, 4) is 0 Å². The van der Waals surface area contributed by atoms with Gasteiger partial charge in [0.1, 0.15) is 11.6 Å². The van der Waals surface area contributed by atoms with Gasteiger partial charge < -0.3 is 36.8 Å². The number of nitrogen functional groups attached to an aromatic ring is 1. The Hall–Kier alpha value is -7.02. The number of rotatable bonds is 12. The summed E-state index contributed by atoms with van der Waals surface area (Å²) in [5.41, 5.74) is 13.6. The maximum Gasteiger partial charge on any atom is 0.335 e. The van der Waals surface area contributed by atoms with Crippen LogP contribution in [-0.2, 0) is 27.2 Å². The summed E-state index contributed by atoms with van der Waals surface area (Å²) < 4.78 is 0. The van der Waals surface area contributed by atoms with Crippen LogP contribution in [0, 0.1) is 53.4 Å². The molecule has 21 heteroatoms. The number of aryl methyl sites for hydroxylation is 6. The highest BCUT2D eigenvalue weighted by molar-refractivity contribution is 6.66. The standard InChI is InChI=1S/C21H23ClN4O2.C12H13NO3.C9H12ClN3.C9H11NO2.C3H3ClO.ClH/c1-4-19(27)25-20-13(2)7-16(8-14(20)3)21(28)26-6-5-15(12-26)9-18-23-10-17(22)11-24-18;1-4-10(14)13-11-7(2)5-9(12(15)16)6-8(11)3;10-8-5-12-9(13-6-8)3-7-1-2-11-4-7;1-5-3-7(9(11)12)4-6(2)8(5)10;1-2-3(4)5;/h4,7-8,10-11,15H,1,5-6,9,12H2,2-3H3,(H,25,27);4-6H,1H2,2-3H3,(H,13,14)(H,15,16);5-7,11H,1-4H2;3-4H,10H2,1-2H3,(H,11,12);2H,1H2;1H/t15-;;7-;;;/m0.0.../s1. The highest BCUT2D eigenvalue weighted by atomic mass is 35.5. The molecule has 7 N–H and O–H groups in total. The first-order valence-corrected chi connectivity index (χ1v) is 24.3. The Morgan fingerprint density at radius 1 is 0.653 bits per heavy atom. The number of nitrogens with one attached hydrogen (secondary N) is 3. The molecule has 2 aromatic heterocycles. The van der Waals surface area contributed by atoms with Gasteiger partial charge in [0, 0.05) is 73.3 Å². The molecule has 5 aromatic rings. The van der Waals surface area contributed by atoms with Crippen molar-refractivity contribution in [2.45, 2.75) is 67.2 Å². The van der Waals surface area contributed by atoms with Gasteiger partial charge in [-0.05, 0) is 179 Å². The molecule has 0 radical (unpaired) electrons. The molecule has 3 aromatic carbocycles. The number of aromatic carboxylic acids is 2. The van der Waals surface area contributed by atoms with Crippen LogP contribution < -0.4 is 21.7 Å². The third-order valence-electron chi connectivity index (χ3n) is 11.5. The van der Waals surface area contributed by atoms with E-state index in [1.54, 1.807) is 64.6 Å². The minimum atomic E-state index is -0.979. The van der Waals surface area contributed by atoms with E-state index >= 15 is 0 Å². The smallest absolute Gasteiger partial charge is 0.335 e. The highest BCUT2D eigenvalue weighted by Crippen LogP contribution is 2.27. The van der Waals surface area contributed by atoms with E-state index in [1.807, 2.05) is 30.9 Å². The number of halogens is 4. The Balaban J connectivity index is 0.000000350. The van der Waals surface area contributed by atoms with Crippen molar-refractivity contribution in [1.29, 1.82) is 0 Å². The molecule has 2 atom stereocenters. The van der Waals surface area contributed by atoms with Gasteiger partial charge in [-0.25, -0.2) is 29.5 Å². The summed E-state index contributed by atoms with van der Waals surface area (Å²) in [7, 11) is 0. The molecule has 0 spiro atoms. The lowest BCUT2D eigenvalue weighted by Gasteiger charge is -2.19. The van der Waals surface area contributed by atoms with Gasteiger partial charge in [-0.15, -0.1) is 12.4 Å². The van der Waals surface area contributed by atoms with Crippen molar-refractivity contribution in [3.63, 3.8) is 0 Å². The topological polar surface area (TPSA) is 260 Å². The molecule has 0 unspecified atom stereocenters. The SMILES string of the molecule is C=CC(=O)Cl.C=CC(=O)Nc1c(C)cc(C(=O)N2CC[C@@H](Cc3ncc(Cl)cn3)C2)cc1C.C=CC(=O)Nc1c(C)cc(C(=O)O)cc1C.Cc1cc(C(=O)O)cc(C)c1N.Cl.Clc1cnc(C[C@@H]2CCNC2)nc1. The van der Waals surface area contributed by atoms with Crippen molar-refractivity contribution in [1.82, 2.24) is 30.2 Å². The zero-order valence-corrected chi connectivity index (χ0v) is 45.7. The number of carboxylic acid groups (broad SMARTS) is 2. The van der Waals surface area contributed by atoms with E-state index in [9.17, 15) is 28.8 Å². The van der Waals surface area contributed by atoms with Crippen LogP contribution in [0.25, 0.3) is 0 Å². The molecule has 2 aliphatic heterocycles. The van der Waals surface area contributed by atoms with Gasteiger partial charge in [-0.3, -0.25) is 19.2 Å². The summed E-state index contributed by atoms with van der Waals surface area (Å²) in [4.78, 5) is 85.2. The minimum Gasteiger partial charge on any atom is -0.478 e. The second-order valence-corrected chi connectivity index (χ2v) is 18.6. The number of aromatic nitrogens is 4. The molecule has 7 rings (SSSR count). The molecule has 4 heterocycles. The fourth-order valence-electron chi connectivity index (χ4n) is 7.68. The number of amides is 3. The molecule has 0 aliphatic carbocycles. The van der Waals surface area contributed by atoms with Crippen molar-refractivity contribution in [3.05, 3.63) is 171 Å². The number of hydrogen-bond acceptors (Lipinski definition) is 12. The van der Waals surface area contributed by atoms with Gasteiger partial charge in [-0.2, -0.15) is 0 Å². The lowest BCUT2D eigenvalue weighted by Crippen LogP contribution is -2.29. The molecule has 17 nitrogen and oxygen atoms in total. The monoisotopic (exact) mass is 1110 g/mol. The second kappa shape index (κ2) is 31.7. The van der Waals surface area contributed by atoms with E-state index in [0.717, 1.165) is 78.0 Å². The molecule has 2 saturated heterocycles. The lowest BCUT2D eigenvalue weighted by atomic mass is 10.0. The highest BCUT2D eigenvalue weighted by Gasteiger charge is 2.28. The van der Waals surface area contributed by atoms with E-state index < -0.39 is 17.2 Å². The quantitative estimate of drug-likeness (QED) is 0.0386. The van der Waals surface area contributed by atoms with Crippen LogP contribution in [0.4, 0.5) is 17.1 Å². The Kier molecular flexibility index (Phi) is 27.1. The maximum atomic E-state index is 13.0. The van der Waals surface area contributed by atoms with Crippen molar-refractivity contribution < 1.29 is 39.0 Å². The normalized spacial score (nSPS) is 13.9. The molecule has 2 fully saturated rings. The van der Waals surface area contributed by atoms with Gasteiger partial charge in [0.2, 0.25) is 17.1 Å². The number of nitrogens with zero attached hydrogens (tertiary/aromatic N) is 5. The number of nitrogens with two attached hydrogens (primary N) is 1. The Labute approximate surface area is 458 Å². The molecule has 75 heavy (non-hydrogen) atoms. The summed E-state index contributed by atoms with van der Waals surface area (Å²) in [6.45, 7) is 24.4. The van der Waals surface area contributed by atoms with Crippen LogP contribution in [0.2, 0.25) is 10.0 Å². The zero-order valence-electron chi connectivity index (χ0n) is 42.6. The largest absolute Gasteiger partial charge is 0.478 e. The number of carbonyl (C=O) groups excluding carboxylic acids is 4. The lowest BCUT2D eigenvalue weighted by molar-refractivity contribution is -0.112. The average Bonchev–Trinajstić information content (AvgIpc) is 4.07. The zero-order chi connectivity index (χ0) is 55.2. The third-order valence-corrected chi connectivity index (χ3v) is 12.0. The first-order chi connectivity index (χ1) is 35.0. The number of allylic oxidation sites excluding steroid dienone is 1. The van der Waals surface area contributed by atoms with Crippen LogP contribution in [0.3, 0.4) is 0 Å². The van der Waals surface area contributed by atoms with E-state index in [4.69, 9.17) is 50.7 Å². The molecular weight excluding hydrogens is 1040 g/mol. The molecular formula is C54H63Cl4N9O8. The van der Waals surface area contributed by atoms with Gasteiger partial charge in [-0.1, -0.05) is 42.9 Å². The predicted octanol–water partition coefficient (Wildman–Crippen LogP) is 9.93. The maximum absolute atomic E-state index is 13.0. The van der Waals surface area contributed by atoms with E-state index in [0.29, 0.717) is 68.6 Å². The summed E-state index contributed by atoms with van der Waals surface area (Å²) in [5, 5.41) is 26.9. The second-order valence-electron chi connectivity index (χ2n) is 17.3. The van der Waals surface area contributed by atoms with Crippen LogP contribution in [0.1, 0.15) is 88.9 Å². The Morgan fingerprint density at radius 2 is 1.03 bits per heavy atom. The number of benzene rings is 3. The van der Waals surface area contributed by atoms with Gasteiger partial charge in [0.15, 0.2) is 0 Å². The Bertz CT molecular complexity index is 2770. The van der Waals surface area contributed by atoms with Crippen LogP contribution in [-0.4, -0.2) is 96.1 Å². The first-order valence-electron chi connectivity index (χ1n) is 23.1. The molecule has 0 bridgehead atoms. The summed E-state index contributed by atoms with van der Waals surface area (Å²) in [6.07, 6.45) is 13.8. The van der Waals surface area contributed by atoms with Gasteiger partial charge in [0.05, 0.1) is 21.2 Å². The first kappa shape index (κ1) is 64.1. The average molecular weight is 1110 g/mol. The molecule has 400 valence electrons. The number of hydrogen-bond donors (Lipinski definition) is 6. The summed E-state index contributed by atoms with van der Waals surface area (Å²) in [6, 6.07) is 9.84. The summed E-state index contributed by atoms with van der Waals surface area (Å²) in [5.74, 6) is 0.211. The van der Waals surface area contributed by atoms with Crippen LogP contribution in [0.15, 0.2) is 99.2 Å². The molecule has 2 aliphatic rings. The number of likely N-dealkylation sites (tertiary alicyclic amines) is 1. The fraction of sp³-hybridized carbons (Fsp3) is 0.296.